The average molecular weight is 471 g/mol. The molecule has 2 nitrogen and oxygen atoms in total. The summed E-state index contributed by atoms with van der Waals surface area (Å²) in [4.78, 5) is 12.2. The average Bonchev–Trinajstić information content (AvgIpc) is 2.36. The Hall–Kier alpha value is -0.300. The first-order valence-electron chi connectivity index (χ1n) is 5.19. The molecule has 0 spiro atoms. The Bertz CT molecular complexity index is 649. The summed E-state index contributed by atoms with van der Waals surface area (Å²) in [6, 6.07) is 10.5. The molecule has 2 aromatic rings. The van der Waals surface area contributed by atoms with E-state index < -0.39 is 0 Å². The Kier molecular flexibility index (Phi) is 5.11. The van der Waals surface area contributed by atoms with E-state index in [-0.39, 0.29) is 5.91 Å². The molecule has 98 valence electrons. The van der Waals surface area contributed by atoms with Crippen molar-refractivity contribution in [2.75, 3.05) is 5.32 Å². The van der Waals surface area contributed by atoms with E-state index in [1.165, 1.54) is 0 Å². The van der Waals surface area contributed by atoms with Crippen molar-refractivity contribution in [3.8, 4) is 0 Å². The molecule has 19 heavy (non-hydrogen) atoms. The van der Waals surface area contributed by atoms with E-state index in [0.29, 0.717) is 21.3 Å². The Labute approximate surface area is 142 Å². The van der Waals surface area contributed by atoms with E-state index in [9.17, 15) is 4.79 Å². The summed E-state index contributed by atoms with van der Waals surface area (Å²) in [6.07, 6.45) is 0. The van der Waals surface area contributed by atoms with Gasteiger partial charge in [0, 0.05) is 8.04 Å². The molecule has 0 radical (unpaired) electrons. The fourth-order valence-corrected chi connectivity index (χ4v) is 2.67. The Morgan fingerprint density at radius 2 is 1.79 bits per heavy atom. The molecule has 0 saturated heterocycles. The highest BCUT2D eigenvalue weighted by Gasteiger charge is 2.12. The highest BCUT2D eigenvalue weighted by Crippen LogP contribution is 2.26. The number of hydrogen-bond acceptors (Lipinski definition) is 1. The van der Waals surface area contributed by atoms with Crippen LogP contribution in [0.25, 0.3) is 0 Å². The van der Waals surface area contributed by atoms with E-state index in [2.05, 4.69) is 43.8 Å². The summed E-state index contributed by atoms with van der Waals surface area (Å²) in [5.41, 5.74) is 0.959. The van der Waals surface area contributed by atoms with Gasteiger partial charge in [-0.05, 0) is 59.0 Å². The van der Waals surface area contributed by atoms with Gasteiger partial charge in [0.15, 0.2) is 0 Å². The van der Waals surface area contributed by atoms with E-state index in [4.69, 9.17) is 23.2 Å². The van der Waals surface area contributed by atoms with Gasteiger partial charge in [0.25, 0.3) is 5.91 Å². The van der Waals surface area contributed by atoms with Crippen molar-refractivity contribution in [1.29, 1.82) is 0 Å². The zero-order valence-corrected chi connectivity index (χ0v) is 14.6. The predicted molar refractivity (Wildman–Crippen MR) is 91.3 cm³/mol. The fourth-order valence-electron chi connectivity index (χ4n) is 1.45. The van der Waals surface area contributed by atoms with Gasteiger partial charge in [0.2, 0.25) is 0 Å². The van der Waals surface area contributed by atoms with Crippen LogP contribution in [0.3, 0.4) is 0 Å². The number of rotatable bonds is 2. The smallest absolute Gasteiger partial charge is 0.257 e. The molecule has 0 atom stereocenters. The third kappa shape index (κ3) is 3.84. The SMILES string of the molecule is O=C(Nc1cc(I)ccc1Cl)c1cc(Br)ccc1Cl. The summed E-state index contributed by atoms with van der Waals surface area (Å²) in [5, 5.41) is 3.63. The van der Waals surface area contributed by atoms with E-state index >= 15 is 0 Å². The molecule has 1 N–H and O–H groups in total. The van der Waals surface area contributed by atoms with Gasteiger partial charge in [-0.1, -0.05) is 39.1 Å². The van der Waals surface area contributed by atoms with Gasteiger partial charge in [-0.3, -0.25) is 4.79 Å². The Morgan fingerprint density at radius 3 is 2.53 bits per heavy atom. The van der Waals surface area contributed by atoms with Crippen molar-refractivity contribution >= 4 is 73.3 Å². The maximum absolute atomic E-state index is 12.2. The van der Waals surface area contributed by atoms with E-state index in [1.807, 2.05) is 6.07 Å². The minimum absolute atomic E-state index is 0.296. The van der Waals surface area contributed by atoms with Gasteiger partial charge in [-0.25, -0.2) is 0 Å². The number of carbonyl (C=O) groups is 1. The van der Waals surface area contributed by atoms with Crippen LogP contribution in [0, 0.1) is 3.57 Å². The van der Waals surface area contributed by atoms with Crippen LogP contribution in [0.1, 0.15) is 10.4 Å². The molecule has 2 rings (SSSR count). The third-order valence-corrected chi connectivity index (χ3v) is 4.17. The first kappa shape index (κ1) is 15.1. The maximum Gasteiger partial charge on any atom is 0.257 e. The number of hydrogen-bond donors (Lipinski definition) is 1. The second-order valence-electron chi connectivity index (χ2n) is 3.70. The lowest BCUT2D eigenvalue weighted by atomic mass is 10.2. The van der Waals surface area contributed by atoms with Crippen molar-refractivity contribution in [3.63, 3.8) is 0 Å². The van der Waals surface area contributed by atoms with Crippen molar-refractivity contribution in [1.82, 2.24) is 0 Å². The topological polar surface area (TPSA) is 29.1 Å². The molecule has 6 heteroatoms. The van der Waals surface area contributed by atoms with E-state index in [1.54, 1.807) is 30.3 Å². The first-order valence-corrected chi connectivity index (χ1v) is 7.81. The molecule has 0 heterocycles. The van der Waals surface area contributed by atoms with E-state index in [0.717, 1.165) is 8.04 Å². The Morgan fingerprint density at radius 1 is 1.11 bits per heavy atom. The number of anilines is 1. The van der Waals surface area contributed by atoms with Crippen molar-refractivity contribution < 1.29 is 4.79 Å². The summed E-state index contributed by atoms with van der Waals surface area (Å²) in [7, 11) is 0. The highest BCUT2D eigenvalue weighted by molar-refractivity contribution is 14.1. The van der Waals surface area contributed by atoms with Crippen LogP contribution in [0.15, 0.2) is 40.9 Å². The second kappa shape index (κ2) is 6.43. The van der Waals surface area contributed by atoms with Gasteiger partial charge < -0.3 is 5.32 Å². The molecule has 0 unspecified atom stereocenters. The monoisotopic (exact) mass is 469 g/mol. The van der Waals surface area contributed by atoms with Crippen LogP contribution in [0.4, 0.5) is 5.69 Å². The summed E-state index contributed by atoms with van der Waals surface area (Å²) in [6.45, 7) is 0. The normalized spacial score (nSPS) is 10.3. The largest absolute Gasteiger partial charge is 0.321 e. The van der Waals surface area contributed by atoms with Crippen molar-refractivity contribution in [2.24, 2.45) is 0 Å². The minimum Gasteiger partial charge on any atom is -0.321 e. The molecular formula is C13H7BrCl2INO. The lowest BCUT2D eigenvalue weighted by molar-refractivity contribution is 0.102. The molecular weight excluding hydrogens is 464 g/mol. The zero-order valence-electron chi connectivity index (χ0n) is 9.38. The number of amides is 1. The second-order valence-corrected chi connectivity index (χ2v) is 6.68. The molecule has 2 aromatic carbocycles. The maximum atomic E-state index is 12.2. The summed E-state index contributed by atoms with van der Waals surface area (Å²) < 4.78 is 1.77. The molecule has 0 aliphatic rings. The van der Waals surface area contributed by atoms with Crippen LogP contribution in [-0.2, 0) is 0 Å². The molecule has 0 saturated carbocycles. The number of benzene rings is 2. The highest BCUT2D eigenvalue weighted by atomic mass is 127. The van der Waals surface area contributed by atoms with Crippen LogP contribution in [0.5, 0.6) is 0 Å². The molecule has 0 fully saturated rings. The molecule has 0 bridgehead atoms. The first-order chi connectivity index (χ1) is 8.97. The number of halogens is 4. The van der Waals surface area contributed by atoms with Crippen LogP contribution in [0.2, 0.25) is 10.0 Å². The molecule has 0 aliphatic heterocycles. The molecule has 0 aromatic heterocycles. The van der Waals surface area contributed by atoms with Crippen molar-refractivity contribution in [2.45, 2.75) is 0 Å². The molecule has 0 aliphatic carbocycles. The summed E-state index contributed by atoms with van der Waals surface area (Å²) in [5.74, 6) is -0.296. The fraction of sp³-hybridized carbons (Fsp3) is 0. The van der Waals surface area contributed by atoms with Crippen LogP contribution < -0.4 is 5.32 Å². The number of nitrogens with one attached hydrogen (secondary N) is 1. The predicted octanol–water partition coefficient (Wildman–Crippen LogP) is 5.61. The van der Waals surface area contributed by atoms with Gasteiger partial charge in [-0.15, -0.1) is 0 Å². The third-order valence-electron chi connectivity index (χ3n) is 2.35. The summed E-state index contributed by atoms with van der Waals surface area (Å²) >= 11 is 17.5. The van der Waals surface area contributed by atoms with Gasteiger partial charge in [-0.2, -0.15) is 0 Å². The molecule has 1 amide bonds. The lowest BCUT2D eigenvalue weighted by Crippen LogP contribution is -2.13. The van der Waals surface area contributed by atoms with Gasteiger partial charge in [0.1, 0.15) is 0 Å². The van der Waals surface area contributed by atoms with Gasteiger partial charge >= 0.3 is 0 Å². The standard InChI is InChI=1S/C13H7BrCl2INO/c14-7-1-3-10(15)9(5-7)13(19)18-12-6-8(17)2-4-11(12)16/h1-6H,(H,18,19). The quantitative estimate of drug-likeness (QED) is 0.568. The van der Waals surface area contributed by atoms with Crippen LogP contribution in [-0.4, -0.2) is 5.91 Å². The Balaban J connectivity index is 2.30. The van der Waals surface area contributed by atoms with Gasteiger partial charge in [0.05, 0.1) is 21.3 Å². The van der Waals surface area contributed by atoms with Crippen LogP contribution >= 0.6 is 61.7 Å². The van der Waals surface area contributed by atoms with Crippen molar-refractivity contribution in [3.05, 3.63) is 60.0 Å². The lowest BCUT2D eigenvalue weighted by Gasteiger charge is -2.09. The number of carbonyl (C=O) groups excluding carboxylic acids is 1. The zero-order chi connectivity index (χ0) is 14.0. The minimum atomic E-state index is -0.296.